The summed E-state index contributed by atoms with van der Waals surface area (Å²) in [5, 5.41) is 28.8. The Kier molecular flexibility index (Phi) is 24.7. The molecule has 0 amide bonds. The fourth-order valence-electron chi connectivity index (χ4n) is 13.8. The average molecular weight is 1570 g/mol. The van der Waals surface area contributed by atoms with Crippen molar-refractivity contribution in [2.75, 3.05) is 103 Å². The Morgan fingerprint density at radius 2 is 0.897 bits per heavy atom. The standard InChI is InChI=1S/C29H27FN6O.C20H21BrFN5O.C20H22BrN5O.C9H8BNO2.CH4O/c1-35(2)20-10-13-36(14-11-20)25-8-7-23-27(26(25)30)34-29(33-23)28(37)18-9-12-32-24(15-18)22-17-31-16-19-5-3-4-6-21(19)22;1-26(2)13-6-9-27(10-7-13)15-4-3-14-18(17(15)22)25-20(24-14)19(28)12-5-8-23-16(21)11-12;1-25(2)14-6-9-26(10-7-14)15-3-4-16-17(12-15)24-20(23-16)19(27)13-5-8-22-18(21)11-13;12-10(13)9-6-11-5-7-3-1-2-4-8(7)9;1-2/h3-9,12,15-17,20H,10-11,13-14H2,1-2H3,(H,33,34);3-5,8,11,13H,6-7,9-10H2,1-2H3,(H,24,25);3-5,8,11-12,14H,6-7,9-10H2,1-2H3,(H,23,24);1-6,12-13H;2H,1H3. The Balaban J connectivity index is 0.000000139. The molecule has 6 N–H and O–H groups in total. The molecular weight excluding hydrogens is 1490 g/mol. The normalized spacial score (nSPS) is 14.4. The highest BCUT2D eigenvalue weighted by molar-refractivity contribution is 9.10. The van der Waals surface area contributed by atoms with Gasteiger partial charge in [-0.3, -0.25) is 29.3 Å². The molecule has 0 spiro atoms. The van der Waals surface area contributed by atoms with E-state index in [1.807, 2.05) is 54.6 Å². The SMILES string of the molecule is CN(C)C1CCN(c2ccc3[nH]c(C(=O)c4ccnc(-c5cncc6ccccc56)c4)nc3c2F)CC1.CN(C)C1CCN(c2ccc3[nH]c(C(=O)c4ccnc(Br)c4)nc3c2F)CC1.CN(C)C1CCN(c2ccc3nc(C(=O)c4ccnc(Br)c4)[nH]c3c2)CC1.CO.OB(O)c1cncc2ccccc12. The van der Waals surface area contributed by atoms with Crippen molar-refractivity contribution in [3.05, 3.63) is 226 Å². The van der Waals surface area contributed by atoms with Gasteiger partial charge in [0.1, 0.15) is 20.2 Å². The van der Waals surface area contributed by atoms with Crippen molar-refractivity contribution in [1.82, 2.24) is 69.5 Å². The first-order chi connectivity index (χ1) is 51.7. The molecule has 0 radical (unpaired) electrons. The summed E-state index contributed by atoms with van der Waals surface area (Å²) in [5.41, 5.74) is 8.67. The number of nitrogens with one attached hydrogen (secondary N) is 3. The van der Waals surface area contributed by atoms with Crippen molar-refractivity contribution >= 4 is 133 Å². The molecular formula is C79H82BBr2F2N17O6. The molecule has 3 aliphatic rings. The zero-order chi connectivity index (χ0) is 75.6. The molecule has 23 nitrogen and oxygen atoms in total. The van der Waals surface area contributed by atoms with Gasteiger partial charge >= 0.3 is 7.12 Å². The minimum absolute atomic E-state index is 0.102. The molecule has 3 saturated heterocycles. The van der Waals surface area contributed by atoms with Crippen molar-refractivity contribution in [3.63, 3.8) is 0 Å². The Morgan fingerprint density at radius 1 is 0.477 bits per heavy atom. The number of halogens is 4. The number of H-pyrrole nitrogens is 3. The Bertz CT molecular complexity index is 5300. The predicted molar refractivity (Wildman–Crippen MR) is 424 cm³/mol. The second kappa shape index (κ2) is 34.6. The number of ketones is 3. The Labute approximate surface area is 634 Å². The molecule has 28 heteroatoms. The molecule has 3 aliphatic heterocycles. The second-order valence-corrected chi connectivity index (χ2v) is 28.6. The van der Waals surface area contributed by atoms with E-state index in [-0.39, 0.29) is 45.8 Å². The zero-order valence-corrected chi connectivity index (χ0v) is 63.5. The number of anilines is 3. The highest BCUT2D eigenvalue weighted by Crippen LogP contribution is 2.34. The van der Waals surface area contributed by atoms with Gasteiger partial charge in [-0.2, -0.15) is 0 Å². The number of nitrogens with zero attached hydrogens (tertiary/aromatic N) is 14. The van der Waals surface area contributed by atoms with E-state index in [9.17, 15) is 14.4 Å². The van der Waals surface area contributed by atoms with E-state index in [1.54, 1.807) is 91.6 Å². The number of imidazole rings is 3. The summed E-state index contributed by atoms with van der Waals surface area (Å²) in [5.74, 6) is -0.955. The third-order valence-electron chi connectivity index (χ3n) is 19.8. The van der Waals surface area contributed by atoms with Crippen LogP contribution >= 0.6 is 31.9 Å². The van der Waals surface area contributed by atoms with Crippen LogP contribution in [0.25, 0.3) is 65.9 Å². The fourth-order valence-corrected chi connectivity index (χ4v) is 14.6. The van der Waals surface area contributed by atoms with Crippen LogP contribution in [0.15, 0.2) is 180 Å². The lowest BCUT2D eigenvalue weighted by molar-refractivity contribution is 0.102. The minimum Gasteiger partial charge on any atom is -0.423 e. The lowest BCUT2D eigenvalue weighted by atomic mass is 9.78. The minimum atomic E-state index is -1.46. The smallest absolute Gasteiger partial charge is 0.423 e. The van der Waals surface area contributed by atoms with Crippen LogP contribution in [0, 0.1) is 11.6 Å². The molecule has 16 rings (SSSR count). The van der Waals surface area contributed by atoms with E-state index < -0.39 is 12.9 Å². The quantitative estimate of drug-likeness (QED) is 0.0335. The number of aromatic amines is 3. The largest absolute Gasteiger partial charge is 0.490 e. The third-order valence-corrected chi connectivity index (χ3v) is 20.7. The summed E-state index contributed by atoms with van der Waals surface area (Å²) in [6, 6.07) is 40.4. The van der Waals surface area contributed by atoms with Gasteiger partial charge in [-0.15, -0.1) is 0 Å². The molecule has 13 aromatic rings. The van der Waals surface area contributed by atoms with Crippen molar-refractivity contribution < 1.29 is 38.3 Å². The maximum atomic E-state index is 15.6. The van der Waals surface area contributed by atoms with Crippen LogP contribution in [0.5, 0.6) is 0 Å². The summed E-state index contributed by atoms with van der Waals surface area (Å²) in [6.45, 7) is 5.24. The molecule has 3 fully saturated rings. The lowest BCUT2D eigenvalue weighted by Crippen LogP contribution is -2.42. The molecule has 550 valence electrons. The van der Waals surface area contributed by atoms with Crippen LogP contribution in [0.2, 0.25) is 0 Å². The number of aliphatic hydroxyl groups is 1. The van der Waals surface area contributed by atoms with Crippen LogP contribution in [0.4, 0.5) is 25.8 Å². The monoisotopic (exact) mass is 1570 g/mol. The van der Waals surface area contributed by atoms with Crippen LogP contribution in [-0.2, 0) is 0 Å². The lowest BCUT2D eigenvalue weighted by Gasteiger charge is -2.36. The summed E-state index contributed by atoms with van der Waals surface area (Å²) in [7, 11) is 12.2. The molecule has 0 atom stereocenters. The van der Waals surface area contributed by atoms with E-state index in [4.69, 9.17) is 15.2 Å². The van der Waals surface area contributed by atoms with E-state index in [0.29, 0.717) is 83.4 Å². The van der Waals surface area contributed by atoms with Crippen molar-refractivity contribution in [3.8, 4) is 11.3 Å². The average Bonchev–Trinajstić information content (AvgIpc) is 1.67. The van der Waals surface area contributed by atoms with Gasteiger partial charge in [0.05, 0.1) is 39.1 Å². The Hall–Kier alpha value is -10.2. The number of fused-ring (bicyclic) bond motifs is 5. The van der Waals surface area contributed by atoms with E-state index >= 15 is 8.78 Å². The van der Waals surface area contributed by atoms with Gasteiger partial charge in [0.2, 0.25) is 17.3 Å². The molecule has 107 heavy (non-hydrogen) atoms. The maximum absolute atomic E-state index is 15.6. The van der Waals surface area contributed by atoms with E-state index in [2.05, 4.69) is 171 Å². The number of hydrogen-bond donors (Lipinski definition) is 6. The van der Waals surface area contributed by atoms with Gasteiger partial charge in [0, 0.05) is 147 Å². The van der Waals surface area contributed by atoms with E-state index in [0.717, 1.165) is 123 Å². The molecule has 5 aromatic carbocycles. The van der Waals surface area contributed by atoms with Gasteiger partial charge in [0.25, 0.3) is 0 Å². The number of benzene rings is 5. The predicted octanol–water partition coefficient (Wildman–Crippen LogP) is 11.7. The first-order valence-electron chi connectivity index (χ1n) is 35.1. The molecule has 0 bridgehead atoms. The number of aromatic nitrogens is 11. The number of carbonyl (C=O) groups excluding carboxylic acids is 3. The topological polar surface area (TPSA) is 282 Å². The van der Waals surface area contributed by atoms with Gasteiger partial charge in [-0.05, 0) is 208 Å². The number of carbonyl (C=O) groups is 3. The highest BCUT2D eigenvalue weighted by Gasteiger charge is 2.29. The third kappa shape index (κ3) is 17.6. The maximum Gasteiger partial charge on any atom is 0.490 e. The summed E-state index contributed by atoms with van der Waals surface area (Å²) >= 11 is 6.56. The van der Waals surface area contributed by atoms with Crippen LogP contribution in [-0.4, -0.2) is 216 Å². The number of pyridine rings is 5. The van der Waals surface area contributed by atoms with Gasteiger partial charge in [-0.25, -0.2) is 33.7 Å². The highest BCUT2D eigenvalue weighted by atomic mass is 79.9. The summed E-state index contributed by atoms with van der Waals surface area (Å²) < 4.78 is 31.9. The summed E-state index contributed by atoms with van der Waals surface area (Å²) in [4.78, 5) is 95.1. The van der Waals surface area contributed by atoms with E-state index in [1.165, 1.54) is 18.1 Å². The molecule has 0 aliphatic carbocycles. The zero-order valence-electron chi connectivity index (χ0n) is 60.3. The van der Waals surface area contributed by atoms with Crippen molar-refractivity contribution in [1.29, 1.82) is 0 Å². The van der Waals surface area contributed by atoms with Gasteiger partial charge in [-0.1, -0.05) is 48.5 Å². The van der Waals surface area contributed by atoms with Gasteiger partial charge < -0.3 is 59.5 Å². The number of piperidine rings is 3. The number of rotatable bonds is 14. The van der Waals surface area contributed by atoms with Crippen LogP contribution < -0.4 is 20.2 Å². The molecule has 0 unspecified atom stereocenters. The van der Waals surface area contributed by atoms with Crippen LogP contribution in [0.3, 0.4) is 0 Å². The first-order valence-corrected chi connectivity index (χ1v) is 36.7. The number of aliphatic hydroxyl groups excluding tert-OH is 1. The fraction of sp³-hybridized carbons (Fsp3) is 0.278. The molecule has 0 saturated carbocycles. The Morgan fingerprint density at radius 3 is 1.37 bits per heavy atom. The first kappa shape index (κ1) is 76.5. The summed E-state index contributed by atoms with van der Waals surface area (Å²) in [6.07, 6.45) is 17.7. The molecule has 8 aromatic heterocycles. The molecule has 11 heterocycles. The van der Waals surface area contributed by atoms with Crippen molar-refractivity contribution in [2.45, 2.75) is 56.7 Å². The number of hydrogen-bond acceptors (Lipinski definition) is 20. The van der Waals surface area contributed by atoms with Crippen molar-refractivity contribution in [2.24, 2.45) is 0 Å². The second-order valence-electron chi connectivity index (χ2n) is 27.0. The van der Waals surface area contributed by atoms with Crippen LogP contribution in [0.1, 0.15) is 87.1 Å². The van der Waals surface area contributed by atoms with Gasteiger partial charge in [0.15, 0.2) is 29.1 Å².